The van der Waals surface area contributed by atoms with E-state index in [1.807, 2.05) is 38.1 Å². The molecule has 0 spiro atoms. The van der Waals surface area contributed by atoms with Gasteiger partial charge in [-0.25, -0.2) is 9.79 Å². The van der Waals surface area contributed by atoms with E-state index in [1.54, 1.807) is 6.92 Å². The molecule has 2 aliphatic heterocycles. The average molecular weight is 416 g/mol. The van der Waals surface area contributed by atoms with Gasteiger partial charge in [0, 0.05) is 6.54 Å². The average Bonchev–Trinajstić information content (AvgIpc) is 2.69. The first-order chi connectivity index (χ1) is 14.4. The van der Waals surface area contributed by atoms with Gasteiger partial charge in [-0.15, -0.1) is 0 Å². The predicted molar refractivity (Wildman–Crippen MR) is 116 cm³/mol. The number of nitrogens with one attached hydrogen (secondary N) is 1. The molecule has 2 aliphatic rings. The Bertz CT molecular complexity index is 767. The molecule has 7 nitrogen and oxygen atoms in total. The molecule has 1 aromatic rings. The van der Waals surface area contributed by atoms with Crippen LogP contribution in [0.3, 0.4) is 0 Å². The third kappa shape index (κ3) is 5.59. The zero-order chi connectivity index (χ0) is 21.7. The maximum Gasteiger partial charge on any atom is 0.341 e. The topological polar surface area (TPSA) is 80.2 Å². The Kier molecular flexibility index (Phi) is 7.48. The summed E-state index contributed by atoms with van der Waals surface area (Å²) >= 11 is 0. The number of urea groups is 1. The number of amides is 2. The smallest absolute Gasteiger partial charge is 0.341 e. The first kappa shape index (κ1) is 22.3. The lowest BCUT2D eigenvalue weighted by Gasteiger charge is -2.35. The molecular weight excluding hydrogens is 382 g/mol. The monoisotopic (exact) mass is 415 g/mol. The van der Waals surface area contributed by atoms with Gasteiger partial charge in [0.15, 0.2) is 0 Å². The second kappa shape index (κ2) is 10.1. The highest BCUT2D eigenvalue weighted by Gasteiger charge is 2.40. The molecule has 1 fully saturated rings. The van der Waals surface area contributed by atoms with Crippen molar-refractivity contribution in [3.05, 3.63) is 29.8 Å². The van der Waals surface area contributed by atoms with Crippen LogP contribution in [0.15, 0.2) is 29.3 Å². The van der Waals surface area contributed by atoms with Gasteiger partial charge in [0.05, 0.1) is 24.5 Å². The number of carbonyl (C=O) groups is 2. The number of piperidine rings is 1. The van der Waals surface area contributed by atoms with Crippen molar-refractivity contribution in [2.24, 2.45) is 16.8 Å². The quantitative estimate of drug-likeness (QED) is 0.689. The molecule has 7 heteroatoms. The third-order valence-electron chi connectivity index (χ3n) is 5.63. The van der Waals surface area contributed by atoms with Crippen molar-refractivity contribution < 1.29 is 19.1 Å². The SMILES string of the molecule is CCOC(=O)C1C(CN2CCC(C)CC2)=NC(=O)NC1c1ccc(OC(C)C)cc1. The highest BCUT2D eigenvalue weighted by Crippen LogP contribution is 2.30. The van der Waals surface area contributed by atoms with E-state index in [4.69, 9.17) is 9.47 Å². The molecule has 0 bridgehead atoms. The van der Waals surface area contributed by atoms with Crippen LogP contribution in [0.2, 0.25) is 0 Å². The standard InChI is InChI=1S/C23H33N3O4/c1-5-29-22(27)20-19(14-26-12-10-16(4)11-13-26)24-23(28)25-21(20)17-6-8-18(9-7-17)30-15(2)3/h6-9,15-16,20-21H,5,10-14H2,1-4H3,(H,25,28). The zero-order valence-electron chi connectivity index (χ0n) is 18.4. The van der Waals surface area contributed by atoms with Crippen molar-refractivity contribution in [3.63, 3.8) is 0 Å². The normalized spacial score (nSPS) is 23.1. The van der Waals surface area contributed by atoms with Crippen LogP contribution in [-0.2, 0) is 9.53 Å². The molecule has 2 amide bonds. The van der Waals surface area contributed by atoms with Crippen molar-refractivity contribution in [1.29, 1.82) is 0 Å². The molecule has 3 rings (SSSR count). The molecule has 0 aromatic heterocycles. The lowest BCUT2D eigenvalue weighted by Crippen LogP contribution is -2.49. The summed E-state index contributed by atoms with van der Waals surface area (Å²) in [6.45, 7) is 10.7. The Hall–Kier alpha value is -2.41. The van der Waals surface area contributed by atoms with Crippen LogP contribution in [0.4, 0.5) is 4.79 Å². The number of likely N-dealkylation sites (tertiary alicyclic amines) is 1. The zero-order valence-corrected chi connectivity index (χ0v) is 18.4. The number of benzene rings is 1. The van der Waals surface area contributed by atoms with E-state index in [-0.39, 0.29) is 18.7 Å². The van der Waals surface area contributed by atoms with E-state index in [0.29, 0.717) is 18.2 Å². The molecule has 164 valence electrons. The van der Waals surface area contributed by atoms with Gasteiger partial charge in [-0.05, 0) is 70.3 Å². The minimum atomic E-state index is -0.640. The van der Waals surface area contributed by atoms with Crippen molar-refractivity contribution in [2.45, 2.75) is 52.7 Å². The van der Waals surface area contributed by atoms with Gasteiger partial charge in [-0.2, -0.15) is 0 Å². The number of aliphatic imine (C=N–C) groups is 1. The van der Waals surface area contributed by atoms with Crippen LogP contribution in [0.5, 0.6) is 5.75 Å². The van der Waals surface area contributed by atoms with E-state index in [1.165, 1.54) is 0 Å². The van der Waals surface area contributed by atoms with Gasteiger partial charge in [0.25, 0.3) is 0 Å². The molecule has 2 unspecified atom stereocenters. The Morgan fingerprint density at radius 3 is 2.50 bits per heavy atom. The fourth-order valence-corrected chi connectivity index (χ4v) is 4.03. The number of ether oxygens (including phenoxy) is 2. The first-order valence-corrected chi connectivity index (χ1v) is 10.9. The maximum atomic E-state index is 12.9. The summed E-state index contributed by atoms with van der Waals surface area (Å²) in [5.41, 5.74) is 1.41. The molecule has 1 saturated heterocycles. The van der Waals surface area contributed by atoms with Gasteiger partial charge in [0.2, 0.25) is 0 Å². The lowest BCUT2D eigenvalue weighted by atomic mass is 9.87. The summed E-state index contributed by atoms with van der Waals surface area (Å²) in [4.78, 5) is 31.8. The van der Waals surface area contributed by atoms with Crippen LogP contribution in [-0.4, -0.2) is 55.0 Å². The molecule has 1 aromatic carbocycles. The number of nitrogens with zero attached hydrogens (tertiary/aromatic N) is 2. The molecule has 0 radical (unpaired) electrons. The molecule has 30 heavy (non-hydrogen) atoms. The molecule has 2 heterocycles. The summed E-state index contributed by atoms with van der Waals surface area (Å²) in [5, 5.41) is 2.87. The third-order valence-corrected chi connectivity index (χ3v) is 5.63. The van der Waals surface area contributed by atoms with E-state index >= 15 is 0 Å². The molecule has 0 saturated carbocycles. The van der Waals surface area contributed by atoms with E-state index in [0.717, 1.165) is 37.2 Å². The number of hydrogen-bond donors (Lipinski definition) is 1. The second-order valence-electron chi connectivity index (χ2n) is 8.45. The lowest BCUT2D eigenvalue weighted by molar-refractivity contribution is -0.146. The van der Waals surface area contributed by atoms with E-state index in [2.05, 4.69) is 22.1 Å². The number of hydrogen-bond acceptors (Lipinski definition) is 5. The predicted octanol–water partition coefficient (Wildman–Crippen LogP) is 3.59. The molecular formula is C23H33N3O4. The molecule has 0 aliphatic carbocycles. The van der Waals surface area contributed by atoms with Crippen LogP contribution in [0, 0.1) is 11.8 Å². The van der Waals surface area contributed by atoms with Gasteiger partial charge in [0.1, 0.15) is 11.7 Å². The van der Waals surface area contributed by atoms with Crippen LogP contribution in [0.25, 0.3) is 0 Å². The van der Waals surface area contributed by atoms with Crippen LogP contribution in [0.1, 0.15) is 52.1 Å². The summed E-state index contributed by atoms with van der Waals surface area (Å²) in [6, 6.07) is 6.58. The summed E-state index contributed by atoms with van der Waals surface area (Å²) in [6.07, 6.45) is 2.30. The maximum absolute atomic E-state index is 12.9. The first-order valence-electron chi connectivity index (χ1n) is 10.9. The molecule has 1 N–H and O–H groups in total. The number of esters is 1. The fraction of sp³-hybridized carbons (Fsp3) is 0.609. The second-order valence-corrected chi connectivity index (χ2v) is 8.45. The van der Waals surface area contributed by atoms with Crippen LogP contribution < -0.4 is 10.1 Å². The van der Waals surface area contributed by atoms with E-state index in [9.17, 15) is 9.59 Å². The van der Waals surface area contributed by atoms with Crippen molar-refractivity contribution in [1.82, 2.24) is 10.2 Å². The van der Waals surface area contributed by atoms with E-state index < -0.39 is 18.0 Å². The Labute approximate surface area is 178 Å². The van der Waals surface area contributed by atoms with Gasteiger partial charge >= 0.3 is 12.0 Å². The highest BCUT2D eigenvalue weighted by molar-refractivity contribution is 6.10. The highest BCUT2D eigenvalue weighted by atomic mass is 16.5. The van der Waals surface area contributed by atoms with Gasteiger partial charge in [-0.3, -0.25) is 9.69 Å². The summed E-state index contributed by atoms with van der Waals surface area (Å²) in [5.74, 6) is 0.464. The minimum Gasteiger partial charge on any atom is -0.491 e. The van der Waals surface area contributed by atoms with Gasteiger partial charge < -0.3 is 14.8 Å². The minimum absolute atomic E-state index is 0.0727. The Morgan fingerprint density at radius 2 is 1.90 bits per heavy atom. The molecule has 2 atom stereocenters. The largest absolute Gasteiger partial charge is 0.491 e. The summed E-state index contributed by atoms with van der Waals surface area (Å²) < 4.78 is 11.1. The summed E-state index contributed by atoms with van der Waals surface area (Å²) in [7, 11) is 0. The van der Waals surface area contributed by atoms with Crippen molar-refractivity contribution >= 4 is 17.7 Å². The van der Waals surface area contributed by atoms with Crippen molar-refractivity contribution in [3.8, 4) is 5.75 Å². The fourth-order valence-electron chi connectivity index (χ4n) is 4.03. The van der Waals surface area contributed by atoms with Crippen LogP contribution >= 0.6 is 0 Å². The Morgan fingerprint density at radius 1 is 1.23 bits per heavy atom. The van der Waals surface area contributed by atoms with Gasteiger partial charge in [-0.1, -0.05) is 19.1 Å². The number of rotatable bonds is 7. The Balaban J connectivity index is 1.85. The number of carbonyl (C=O) groups excluding carboxylic acids is 2. The van der Waals surface area contributed by atoms with Crippen molar-refractivity contribution in [2.75, 3.05) is 26.2 Å².